The molecule has 4 rings (SSSR count). The molecule has 1 saturated heterocycles. The summed E-state index contributed by atoms with van der Waals surface area (Å²) >= 11 is 0. The first kappa shape index (κ1) is 16.2. The maximum Gasteiger partial charge on any atom is 0.274 e. The third-order valence-corrected chi connectivity index (χ3v) is 4.55. The summed E-state index contributed by atoms with van der Waals surface area (Å²) in [4.78, 5) is 3.15. The van der Waals surface area contributed by atoms with Gasteiger partial charge in [0.1, 0.15) is 24.0 Å². The van der Waals surface area contributed by atoms with E-state index in [-0.39, 0.29) is 0 Å². The van der Waals surface area contributed by atoms with Gasteiger partial charge in [-0.2, -0.15) is 10.5 Å². The van der Waals surface area contributed by atoms with Crippen LogP contribution in [0.3, 0.4) is 0 Å². The highest BCUT2D eigenvalue weighted by atomic mass is 16.7. The molecule has 0 unspecified atom stereocenters. The van der Waals surface area contributed by atoms with Crippen LogP contribution in [0.4, 0.5) is 0 Å². The van der Waals surface area contributed by atoms with Crippen molar-refractivity contribution in [2.24, 2.45) is 0 Å². The lowest BCUT2D eigenvalue weighted by molar-refractivity contribution is -0.0717. The van der Waals surface area contributed by atoms with Crippen LogP contribution in [0.1, 0.15) is 23.5 Å². The fourth-order valence-corrected chi connectivity index (χ4v) is 3.18. The fourth-order valence-electron chi connectivity index (χ4n) is 3.18. The van der Waals surface area contributed by atoms with Gasteiger partial charge in [0.15, 0.2) is 6.29 Å². The van der Waals surface area contributed by atoms with Crippen molar-refractivity contribution in [1.29, 1.82) is 10.5 Å². The Morgan fingerprint density at radius 3 is 2.50 bits per heavy atom. The average molecular weight is 345 g/mol. The van der Waals surface area contributed by atoms with E-state index in [1.807, 2.05) is 36.4 Å². The number of hydrogen-bond acceptors (Lipinski definition) is 5. The molecule has 6 nitrogen and oxygen atoms in total. The van der Waals surface area contributed by atoms with E-state index < -0.39 is 18.0 Å². The first-order valence-electron chi connectivity index (χ1n) is 8.06. The van der Waals surface area contributed by atoms with Gasteiger partial charge in [0.05, 0.1) is 7.11 Å². The Morgan fingerprint density at radius 1 is 1.08 bits per heavy atom. The minimum Gasteiger partial charge on any atom is -0.497 e. The molecule has 6 heteroatoms. The molecule has 26 heavy (non-hydrogen) atoms. The van der Waals surface area contributed by atoms with E-state index >= 15 is 0 Å². The van der Waals surface area contributed by atoms with Crippen molar-refractivity contribution in [3.63, 3.8) is 0 Å². The molecular formula is C20H15N3O3. The van der Waals surface area contributed by atoms with Crippen LogP contribution in [-0.4, -0.2) is 17.7 Å². The van der Waals surface area contributed by atoms with E-state index in [0.717, 1.165) is 16.5 Å². The Kier molecular flexibility index (Phi) is 3.85. The van der Waals surface area contributed by atoms with Crippen molar-refractivity contribution in [3.05, 3.63) is 65.9 Å². The number of aromatic amines is 1. The Morgan fingerprint density at radius 2 is 1.81 bits per heavy atom. The molecule has 1 fully saturated rings. The maximum atomic E-state index is 9.70. The number of nitriles is 2. The van der Waals surface area contributed by atoms with Gasteiger partial charge < -0.3 is 19.2 Å². The van der Waals surface area contributed by atoms with Crippen molar-refractivity contribution in [3.8, 4) is 17.9 Å². The lowest BCUT2D eigenvalue weighted by Crippen LogP contribution is -2.30. The average Bonchev–Trinajstić information content (AvgIpc) is 3.29. The highest BCUT2D eigenvalue weighted by molar-refractivity contribution is 5.83. The van der Waals surface area contributed by atoms with E-state index in [4.69, 9.17) is 14.2 Å². The summed E-state index contributed by atoms with van der Waals surface area (Å²) in [6.45, 7) is 0. The standard InChI is InChI=1S/C20H15N3O3/c1-24-14-8-6-13(7-9-14)19-25-18(20(11-21,12-22)26-19)16-10-23-17-5-3-2-4-15(16)17/h2-10,18-19,23H,1H3/t18-,19-/m0/s1. The number of nitrogens with zero attached hydrogens (tertiary/aromatic N) is 2. The summed E-state index contributed by atoms with van der Waals surface area (Å²) in [5, 5.41) is 20.3. The molecular weight excluding hydrogens is 330 g/mol. The third kappa shape index (κ3) is 2.41. The number of methoxy groups -OCH3 is 1. The molecule has 0 spiro atoms. The topological polar surface area (TPSA) is 91.1 Å². The first-order valence-corrected chi connectivity index (χ1v) is 8.06. The number of hydrogen-bond donors (Lipinski definition) is 1. The summed E-state index contributed by atoms with van der Waals surface area (Å²) in [7, 11) is 1.58. The molecule has 1 aliphatic rings. The van der Waals surface area contributed by atoms with Gasteiger partial charge in [-0.3, -0.25) is 0 Å². The first-order chi connectivity index (χ1) is 12.7. The Hall–Kier alpha value is -3.32. The molecule has 0 bridgehead atoms. The molecule has 1 aromatic heterocycles. The second kappa shape index (κ2) is 6.20. The van der Waals surface area contributed by atoms with Gasteiger partial charge in [-0.1, -0.05) is 30.3 Å². The predicted molar refractivity (Wildman–Crippen MR) is 92.9 cm³/mol. The summed E-state index contributed by atoms with van der Waals surface area (Å²) in [6.07, 6.45) is 0.109. The van der Waals surface area contributed by atoms with Gasteiger partial charge in [-0.05, 0) is 18.2 Å². The van der Waals surface area contributed by atoms with Crippen molar-refractivity contribution in [2.75, 3.05) is 7.11 Å². The lowest BCUT2D eigenvalue weighted by Gasteiger charge is -2.17. The number of para-hydroxylation sites is 1. The zero-order chi connectivity index (χ0) is 18.1. The highest BCUT2D eigenvalue weighted by Crippen LogP contribution is 2.48. The Labute approximate surface area is 150 Å². The largest absolute Gasteiger partial charge is 0.497 e. The number of ether oxygens (including phenoxy) is 3. The van der Waals surface area contributed by atoms with Gasteiger partial charge >= 0.3 is 0 Å². The summed E-state index contributed by atoms with van der Waals surface area (Å²) < 4.78 is 17.0. The Bertz CT molecular complexity index is 1010. The third-order valence-electron chi connectivity index (χ3n) is 4.55. The normalized spacial score (nSPS) is 21.2. The Balaban J connectivity index is 1.75. The van der Waals surface area contributed by atoms with Crippen molar-refractivity contribution >= 4 is 10.9 Å². The summed E-state index contributed by atoms with van der Waals surface area (Å²) in [5.74, 6) is 0.701. The van der Waals surface area contributed by atoms with Crippen LogP contribution in [0, 0.1) is 22.7 Å². The summed E-state index contributed by atoms with van der Waals surface area (Å²) in [6, 6.07) is 18.8. The maximum absolute atomic E-state index is 9.70. The molecule has 0 amide bonds. The van der Waals surface area contributed by atoms with Gasteiger partial charge in [0, 0.05) is 28.2 Å². The predicted octanol–water partition coefficient (Wildman–Crippen LogP) is 3.75. The molecule has 1 aliphatic heterocycles. The molecule has 0 aliphatic carbocycles. The number of nitrogens with one attached hydrogen (secondary N) is 1. The molecule has 2 aromatic carbocycles. The second-order valence-electron chi connectivity index (χ2n) is 5.99. The molecule has 3 aromatic rings. The summed E-state index contributed by atoms with van der Waals surface area (Å²) in [5.41, 5.74) is 0.613. The minimum absolute atomic E-state index is 0.701. The zero-order valence-corrected chi connectivity index (χ0v) is 14.0. The van der Waals surface area contributed by atoms with Gasteiger partial charge in [-0.25, -0.2) is 0 Å². The quantitative estimate of drug-likeness (QED) is 0.780. The molecule has 128 valence electrons. The number of benzene rings is 2. The van der Waals surface area contributed by atoms with Gasteiger partial charge in [-0.15, -0.1) is 0 Å². The highest BCUT2D eigenvalue weighted by Gasteiger charge is 2.53. The molecule has 1 N–H and O–H groups in total. The monoisotopic (exact) mass is 345 g/mol. The van der Waals surface area contributed by atoms with Crippen LogP contribution >= 0.6 is 0 Å². The zero-order valence-electron chi connectivity index (χ0n) is 14.0. The fraction of sp³-hybridized carbons (Fsp3) is 0.200. The van der Waals surface area contributed by atoms with Crippen LogP contribution in [0.15, 0.2) is 54.7 Å². The van der Waals surface area contributed by atoms with Crippen molar-refractivity contribution in [1.82, 2.24) is 4.98 Å². The molecule has 2 heterocycles. The number of H-pyrrole nitrogens is 1. The number of rotatable bonds is 3. The van der Waals surface area contributed by atoms with Crippen LogP contribution < -0.4 is 4.74 Å². The van der Waals surface area contributed by atoms with Crippen molar-refractivity contribution in [2.45, 2.75) is 18.0 Å². The van der Waals surface area contributed by atoms with E-state index in [9.17, 15) is 10.5 Å². The second-order valence-corrected chi connectivity index (χ2v) is 5.99. The lowest BCUT2D eigenvalue weighted by atomic mass is 9.93. The number of aromatic nitrogens is 1. The molecule has 0 radical (unpaired) electrons. The van der Waals surface area contributed by atoms with Crippen LogP contribution in [0.2, 0.25) is 0 Å². The smallest absolute Gasteiger partial charge is 0.274 e. The SMILES string of the molecule is COc1ccc([C@H]2O[C@@H](c3c[nH]c4ccccc34)C(C#N)(C#N)O2)cc1. The van der Waals surface area contributed by atoms with E-state index in [1.54, 1.807) is 37.6 Å². The number of fused-ring (bicyclic) bond motifs is 1. The van der Waals surface area contributed by atoms with Gasteiger partial charge in [0.2, 0.25) is 0 Å². The molecule has 0 saturated carbocycles. The van der Waals surface area contributed by atoms with E-state index in [0.29, 0.717) is 11.3 Å². The van der Waals surface area contributed by atoms with Crippen LogP contribution in [-0.2, 0) is 9.47 Å². The van der Waals surface area contributed by atoms with Gasteiger partial charge in [0.25, 0.3) is 5.60 Å². The van der Waals surface area contributed by atoms with E-state index in [1.165, 1.54) is 0 Å². The van der Waals surface area contributed by atoms with Crippen LogP contribution in [0.25, 0.3) is 10.9 Å². The van der Waals surface area contributed by atoms with Crippen molar-refractivity contribution < 1.29 is 14.2 Å². The molecule has 2 atom stereocenters. The minimum atomic E-state index is -1.73. The van der Waals surface area contributed by atoms with Crippen LogP contribution in [0.5, 0.6) is 5.75 Å². The van der Waals surface area contributed by atoms with E-state index in [2.05, 4.69) is 4.98 Å².